The van der Waals surface area contributed by atoms with Gasteiger partial charge in [0.05, 0.1) is 47.6 Å². The number of hydrogen-bond donors (Lipinski definition) is 2. The van der Waals surface area contributed by atoms with Gasteiger partial charge in [-0.1, -0.05) is 6.07 Å². The number of piperazine rings is 1. The molecule has 6 rings (SSSR count). The predicted molar refractivity (Wildman–Crippen MR) is 216 cm³/mol. The Kier molecular flexibility index (Phi) is 13.6. The Balaban J connectivity index is 0.00000641. The summed E-state index contributed by atoms with van der Waals surface area (Å²) in [5, 5.41) is 14.6. The standard InChI is InChI=1S/C40H49F3N8O5S.ClH/c1-24-21-48(22-25(2)49(24)23-34(53)46-32-13-7-27(20-45-32)39(5)15-14-33(52)47-35(39)54)16-17-56-30-11-9-28(10-12-30)51-37(57)50(36(55)38(51,3)4)29-8-6-26(19-44)31(18-29)40(41,42)43;/h6-8,13,18,20,24-25,28,30H,9-12,14-17,21-23H2,1-5H3,(H,45,46,53)(H,47,52,54);1H/t24-,25+,28?,30?,39-;/m1./s1. The van der Waals surface area contributed by atoms with Crippen molar-refractivity contribution in [1.29, 1.82) is 5.26 Å². The van der Waals surface area contributed by atoms with E-state index in [0.29, 0.717) is 37.3 Å². The van der Waals surface area contributed by atoms with Gasteiger partial charge in [-0.05, 0) is 109 Å². The lowest BCUT2D eigenvalue weighted by atomic mass is 9.76. The summed E-state index contributed by atoms with van der Waals surface area (Å²) in [6.07, 6.45) is 0.359. The van der Waals surface area contributed by atoms with Crippen LogP contribution in [0.15, 0.2) is 36.5 Å². The van der Waals surface area contributed by atoms with E-state index in [-0.39, 0.29) is 78.1 Å². The number of thiocarbonyl (C=S) groups is 1. The molecule has 314 valence electrons. The number of benzene rings is 1. The van der Waals surface area contributed by atoms with Crippen molar-refractivity contribution in [2.45, 2.75) is 115 Å². The van der Waals surface area contributed by atoms with Crippen LogP contribution in [0.3, 0.4) is 0 Å². The first-order valence-corrected chi connectivity index (χ1v) is 19.7. The number of rotatable bonds is 10. The Hall–Kier alpha value is -4.21. The van der Waals surface area contributed by atoms with Crippen LogP contribution < -0.4 is 15.5 Å². The maximum Gasteiger partial charge on any atom is 0.417 e. The Labute approximate surface area is 348 Å². The van der Waals surface area contributed by atoms with Crippen LogP contribution in [-0.4, -0.2) is 111 Å². The zero-order valence-electron chi connectivity index (χ0n) is 33.2. The first kappa shape index (κ1) is 44.9. The van der Waals surface area contributed by atoms with Crippen molar-refractivity contribution >= 4 is 64.9 Å². The third kappa shape index (κ3) is 9.16. The number of imide groups is 1. The minimum atomic E-state index is -4.76. The number of hydrogen-bond acceptors (Lipinski definition) is 10. The number of alkyl halides is 3. The Morgan fingerprint density at radius 2 is 1.74 bits per heavy atom. The van der Waals surface area contributed by atoms with E-state index >= 15 is 0 Å². The van der Waals surface area contributed by atoms with Crippen molar-refractivity contribution in [2.24, 2.45) is 0 Å². The smallest absolute Gasteiger partial charge is 0.377 e. The van der Waals surface area contributed by atoms with Gasteiger partial charge in [0, 0.05) is 50.4 Å². The summed E-state index contributed by atoms with van der Waals surface area (Å²) >= 11 is 5.73. The second-order valence-electron chi connectivity index (χ2n) is 16.3. The van der Waals surface area contributed by atoms with E-state index in [1.165, 1.54) is 6.07 Å². The summed E-state index contributed by atoms with van der Waals surface area (Å²) in [7, 11) is 0. The van der Waals surface area contributed by atoms with Gasteiger partial charge in [0.25, 0.3) is 5.91 Å². The molecular formula is C40H50ClF3N8O5S. The number of piperidine rings is 1. The van der Waals surface area contributed by atoms with Crippen molar-refractivity contribution < 1.29 is 37.1 Å². The molecule has 1 aromatic carbocycles. The zero-order valence-corrected chi connectivity index (χ0v) is 34.9. The number of aromatic nitrogens is 1. The normalized spacial score (nSPS) is 26.9. The van der Waals surface area contributed by atoms with Gasteiger partial charge < -0.3 is 15.0 Å². The summed E-state index contributed by atoms with van der Waals surface area (Å²) in [6, 6.07) is 8.35. The van der Waals surface area contributed by atoms with E-state index in [9.17, 15) is 37.6 Å². The number of halogens is 4. The van der Waals surface area contributed by atoms with E-state index in [1.54, 1.807) is 45.2 Å². The number of carbonyl (C=O) groups excluding carboxylic acids is 4. The first-order chi connectivity index (χ1) is 26.8. The Morgan fingerprint density at radius 3 is 2.33 bits per heavy atom. The molecule has 3 saturated heterocycles. The molecule has 0 unspecified atom stereocenters. The van der Waals surface area contributed by atoms with Crippen molar-refractivity contribution in [1.82, 2.24) is 25.0 Å². The maximum absolute atomic E-state index is 13.7. The number of pyridine rings is 1. The highest BCUT2D eigenvalue weighted by Gasteiger charge is 2.53. The molecule has 3 aliphatic heterocycles. The predicted octanol–water partition coefficient (Wildman–Crippen LogP) is 5.16. The van der Waals surface area contributed by atoms with Crippen molar-refractivity contribution in [3.05, 3.63) is 53.2 Å². The van der Waals surface area contributed by atoms with Gasteiger partial charge in [0.2, 0.25) is 17.7 Å². The van der Waals surface area contributed by atoms with Gasteiger partial charge in [0.1, 0.15) is 11.4 Å². The topological polar surface area (TPSA) is 151 Å². The van der Waals surface area contributed by atoms with Gasteiger partial charge >= 0.3 is 6.18 Å². The quantitative estimate of drug-likeness (QED) is 0.241. The third-order valence-corrected chi connectivity index (χ3v) is 12.3. The molecule has 4 aliphatic rings. The fourth-order valence-corrected chi connectivity index (χ4v) is 9.22. The highest BCUT2D eigenvalue weighted by atomic mass is 35.5. The number of nitrogens with zero attached hydrogens (tertiary/aromatic N) is 6. The molecule has 1 aliphatic carbocycles. The molecule has 0 radical (unpaired) electrons. The molecule has 4 heterocycles. The van der Waals surface area contributed by atoms with Crippen molar-refractivity contribution in [2.75, 3.05) is 43.0 Å². The van der Waals surface area contributed by atoms with Crippen LogP contribution in [0, 0.1) is 11.3 Å². The molecule has 0 spiro atoms. The summed E-state index contributed by atoms with van der Waals surface area (Å²) in [5.74, 6) is -0.853. The molecular weight excluding hydrogens is 797 g/mol. The van der Waals surface area contributed by atoms with Crippen LogP contribution in [0.2, 0.25) is 0 Å². The molecule has 0 bridgehead atoms. The van der Waals surface area contributed by atoms with Crippen molar-refractivity contribution in [3.8, 4) is 6.07 Å². The number of carbonyl (C=O) groups is 4. The summed E-state index contributed by atoms with van der Waals surface area (Å²) < 4.78 is 47.5. The number of ether oxygens (including phenoxy) is 1. The molecule has 2 aromatic rings. The highest BCUT2D eigenvalue weighted by molar-refractivity contribution is 7.80. The van der Waals surface area contributed by atoms with Gasteiger partial charge in [0.15, 0.2) is 5.11 Å². The average molecular weight is 847 g/mol. The largest absolute Gasteiger partial charge is 0.417 e. The SMILES string of the molecule is C[C@@H]1CN(CCOC2CCC(N3C(=S)N(c4ccc(C#N)c(C(F)(F)F)c4)C(=O)C3(C)C)CC2)C[C@H](C)N1CC(=O)Nc1ccc([C@@]2(C)CCC(=O)NC2=O)cn1.Cl. The minimum absolute atomic E-state index is 0. The van der Waals surface area contributed by atoms with Crippen LogP contribution in [0.25, 0.3) is 0 Å². The first-order valence-electron chi connectivity index (χ1n) is 19.3. The van der Waals surface area contributed by atoms with Gasteiger partial charge in [-0.2, -0.15) is 18.4 Å². The number of nitrogens with one attached hydrogen (secondary N) is 2. The lowest BCUT2D eigenvalue weighted by Crippen LogP contribution is -2.58. The summed E-state index contributed by atoms with van der Waals surface area (Å²) in [5.41, 5.74) is -2.90. The van der Waals surface area contributed by atoms with Crippen LogP contribution in [0.5, 0.6) is 0 Å². The Morgan fingerprint density at radius 1 is 1.07 bits per heavy atom. The summed E-state index contributed by atoms with van der Waals surface area (Å²) in [4.78, 5) is 62.7. The van der Waals surface area contributed by atoms with Crippen molar-refractivity contribution in [3.63, 3.8) is 0 Å². The number of anilines is 2. The molecule has 2 N–H and O–H groups in total. The van der Waals surface area contributed by atoms with E-state index < -0.39 is 34.2 Å². The van der Waals surface area contributed by atoms with Gasteiger partial charge in [-0.25, -0.2) is 4.98 Å². The van der Waals surface area contributed by atoms with Crippen LogP contribution in [-0.2, 0) is 35.5 Å². The van der Waals surface area contributed by atoms with E-state index in [0.717, 1.165) is 49.5 Å². The minimum Gasteiger partial charge on any atom is -0.377 e. The molecule has 4 amide bonds. The van der Waals surface area contributed by atoms with Gasteiger partial charge in [-0.15, -0.1) is 12.4 Å². The molecule has 3 atom stereocenters. The maximum atomic E-state index is 13.7. The molecule has 18 heteroatoms. The monoisotopic (exact) mass is 846 g/mol. The second-order valence-corrected chi connectivity index (χ2v) is 16.7. The second kappa shape index (κ2) is 17.6. The fourth-order valence-electron chi connectivity index (χ4n) is 8.65. The fraction of sp³-hybridized carbons (Fsp3) is 0.575. The molecule has 13 nitrogen and oxygen atoms in total. The molecule has 1 saturated carbocycles. The summed E-state index contributed by atoms with van der Waals surface area (Å²) in [6.45, 7) is 12.4. The zero-order chi connectivity index (χ0) is 41.4. The lowest BCUT2D eigenvalue weighted by molar-refractivity contribution is -0.138. The van der Waals surface area contributed by atoms with Gasteiger partial charge in [-0.3, -0.25) is 39.2 Å². The molecule has 58 heavy (non-hydrogen) atoms. The highest BCUT2D eigenvalue weighted by Crippen LogP contribution is 2.41. The van der Waals surface area contributed by atoms with E-state index in [2.05, 4.69) is 39.3 Å². The van der Waals surface area contributed by atoms with E-state index in [4.69, 9.17) is 17.0 Å². The molecule has 4 fully saturated rings. The van der Waals surface area contributed by atoms with E-state index in [1.807, 2.05) is 4.90 Å². The molecule has 1 aromatic heterocycles. The number of nitriles is 1. The average Bonchev–Trinajstić information content (AvgIpc) is 3.33. The van der Waals surface area contributed by atoms with Crippen LogP contribution in [0.4, 0.5) is 24.7 Å². The number of amides is 4. The van der Waals surface area contributed by atoms with Crippen LogP contribution in [0.1, 0.15) is 89.8 Å². The third-order valence-electron chi connectivity index (χ3n) is 12.0. The van der Waals surface area contributed by atoms with Crippen LogP contribution >= 0.6 is 24.6 Å². The Bertz CT molecular complexity index is 1940. The lowest BCUT2D eigenvalue weighted by Gasteiger charge is -2.44.